The van der Waals surface area contributed by atoms with Crippen molar-refractivity contribution in [3.05, 3.63) is 39.7 Å². The molecule has 0 bridgehead atoms. The molecule has 1 aromatic heterocycles. The fourth-order valence-electron chi connectivity index (χ4n) is 1.59. The molecule has 0 saturated heterocycles. The first-order valence-electron chi connectivity index (χ1n) is 4.81. The highest BCUT2D eigenvalue weighted by Crippen LogP contribution is 2.15. The first-order chi connectivity index (χ1) is 7.11. The third-order valence-corrected chi connectivity index (χ3v) is 2.37. The van der Waals surface area contributed by atoms with Crippen LogP contribution < -0.4 is 5.56 Å². The Kier molecular flexibility index (Phi) is 2.26. The lowest BCUT2D eigenvalue weighted by molar-refractivity contribution is 0.614. The first kappa shape index (κ1) is 9.83. The quantitative estimate of drug-likeness (QED) is 0.774. The van der Waals surface area contributed by atoms with Gasteiger partial charge in [-0.05, 0) is 25.0 Å². The number of aromatic amines is 1. The molecule has 0 unspecified atom stereocenters. The van der Waals surface area contributed by atoms with Crippen molar-refractivity contribution in [1.82, 2.24) is 9.97 Å². The van der Waals surface area contributed by atoms with E-state index in [1.54, 1.807) is 13.0 Å². The smallest absolute Gasteiger partial charge is 0.258 e. The van der Waals surface area contributed by atoms with E-state index in [-0.39, 0.29) is 11.4 Å². The normalized spacial score (nSPS) is 10.9. The first-order valence-corrected chi connectivity index (χ1v) is 4.81. The standard InChI is InChI=1S/C11H11FN2O/c1-3-7-4-8-10(5-9(7)12)13-6(2)14-11(8)15/h4-5H,3H2,1-2H3,(H,13,14,15). The van der Waals surface area contributed by atoms with Crippen LogP contribution in [0.5, 0.6) is 0 Å². The van der Waals surface area contributed by atoms with Gasteiger partial charge >= 0.3 is 0 Å². The van der Waals surface area contributed by atoms with Crippen molar-refractivity contribution >= 4 is 10.9 Å². The van der Waals surface area contributed by atoms with Crippen LogP contribution in [-0.4, -0.2) is 9.97 Å². The molecule has 1 heterocycles. The molecule has 1 N–H and O–H groups in total. The van der Waals surface area contributed by atoms with Gasteiger partial charge in [-0.2, -0.15) is 0 Å². The second-order valence-electron chi connectivity index (χ2n) is 3.47. The van der Waals surface area contributed by atoms with E-state index in [2.05, 4.69) is 9.97 Å². The lowest BCUT2D eigenvalue weighted by Gasteiger charge is -2.02. The topological polar surface area (TPSA) is 45.8 Å². The minimum absolute atomic E-state index is 0.216. The molecule has 1 aromatic carbocycles. The molecule has 3 nitrogen and oxygen atoms in total. The monoisotopic (exact) mass is 206 g/mol. The fourth-order valence-corrected chi connectivity index (χ4v) is 1.59. The number of fused-ring (bicyclic) bond motifs is 1. The number of H-pyrrole nitrogens is 1. The summed E-state index contributed by atoms with van der Waals surface area (Å²) in [5, 5.41) is 0.443. The van der Waals surface area contributed by atoms with Crippen LogP contribution in [0.25, 0.3) is 10.9 Å². The van der Waals surface area contributed by atoms with Crippen LogP contribution in [0, 0.1) is 12.7 Å². The van der Waals surface area contributed by atoms with E-state index in [9.17, 15) is 9.18 Å². The molecule has 0 spiro atoms. The Morgan fingerprint density at radius 2 is 2.20 bits per heavy atom. The van der Waals surface area contributed by atoms with Crippen molar-refractivity contribution in [2.24, 2.45) is 0 Å². The van der Waals surface area contributed by atoms with Gasteiger partial charge in [0.2, 0.25) is 0 Å². The number of hydrogen-bond acceptors (Lipinski definition) is 2. The van der Waals surface area contributed by atoms with Crippen LogP contribution in [-0.2, 0) is 6.42 Å². The van der Waals surface area contributed by atoms with Crippen LogP contribution in [0.2, 0.25) is 0 Å². The number of aryl methyl sites for hydroxylation is 2. The largest absolute Gasteiger partial charge is 0.310 e. The number of hydrogen-bond donors (Lipinski definition) is 1. The van der Waals surface area contributed by atoms with Gasteiger partial charge in [-0.3, -0.25) is 4.79 Å². The number of aromatic nitrogens is 2. The second kappa shape index (κ2) is 3.46. The molecule has 0 aliphatic rings. The molecule has 0 saturated carbocycles. The van der Waals surface area contributed by atoms with Crippen LogP contribution in [0.3, 0.4) is 0 Å². The maximum Gasteiger partial charge on any atom is 0.258 e. The van der Waals surface area contributed by atoms with E-state index in [1.807, 2.05) is 6.92 Å². The lowest BCUT2D eigenvalue weighted by atomic mass is 10.1. The summed E-state index contributed by atoms with van der Waals surface area (Å²) in [6.07, 6.45) is 0.565. The summed E-state index contributed by atoms with van der Waals surface area (Å²) in [5.41, 5.74) is 0.733. The number of rotatable bonds is 1. The lowest BCUT2D eigenvalue weighted by Crippen LogP contribution is -2.10. The van der Waals surface area contributed by atoms with Gasteiger partial charge in [-0.1, -0.05) is 6.92 Å². The van der Waals surface area contributed by atoms with E-state index in [1.165, 1.54) is 6.07 Å². The highest BCUT2D eigenvalue weighted by Gasteiger charge is 2.07. The molecule has 0 amide bonds. The molecule has 78 valence electrons. The predicted molar refractivity (Wildman–Crippen MR) is 56.4 cm³/mol. The third kappa shape index (κ3) is 1.63. The molecule has 15 heavy (non-hydrogen) atoms. The molecule has 0 radical (unpaired) electrons. The summed E-state index contributed by atoms with van der Waals surface area (Å²) in [7, 11) is 0. The zero-order valence-electron chi connectivity index (χ0n) is 8.60. The summed E-state index contributed by atoms with van der Waals surface area (Å²) < 4.78 is 13.4. The van der Waals surface area contributed by atoms with Gasteiger partial charge in [0.25, 0.3) is 5.56 Å². The van der Waals surface area contributed by atoms with Crippen molar-refractivity contribution in [3.63, 3.8) is 0 Å². The van der Waals surface area contributed by atoms with Gasteiger partial charge in [0.15, 0.2) is 0 Å². The Morgan fingerprint density at radius 1 is 1.47 bits per heavy atom. The summed E-state index contributed by atoms with van der Waals surface area (Å²) in [5.74, 6) is 0.193. The van der Waals surface area contributed by atoms with Gasteiger partial charge in [-0.25, -0.2) is 9.37 Å². The summed E-state index contributed by atoms with van der Waals surface area (Å²) >= 11 is 0. The maximum atomic E-state index is 13.4. The van der Waals surface area contributed by atoms with Crippen LogP contribution in [0.1, 0.15) is 18.3 Å². The zero-order valence-corrected chi connectivity index (χ0v) is 8.60. The average molecular weight is 206 g/mol. The molecule has 2 rings (SSSR count). The summed E-state index contributed by atoms with van der Waals surface area (Å²) in [6.45, 7) is 3.52. The van der Waals surface area contributed by atoms with Gasteiger partial charge < -0.3 is 4.98 Å². The summed E-state index contributed by atoms with van der Waals surface area (Å²) in [4.78, 5) is 18.2. The number of nitrogens with zero attached hydrogens (tertiary/aromatic N) is 1. The Labute approximate surface area is 86.0 Å². The van der Waals surface area contributed by atoms with Crippen LogP contribution in [0.15, 0.2) is 16.9 Å². The predicted octanol–water partition coefficient (Wildman–Crippen LogP) is 1.93. The van der Waals surface area contributed by atoms with Gasteiger partial charge in [0, 0.05) is 6.07 Å². The second-order valence-corrected chi connectivity index (χ2v) is 3.47. The van der Waals surface area contributed by atoms with Crippen molar-refractivity contribution in [3.8, 4) is 0 Å². The maximum absolute atomic E-state index is 13.4. The molecular formula is C11H11FN2O. The highest BCUT2D eigenvalue weighted by atomic mass is 19.1. The van der Waals surface area contributed by atoms with Crippen LogP contribution >= 0.6 is 0 Å². The Balaban J connectivity index is 2.87. The van der Waals surface area contributed by atoms with Crippen molar-refractivity contribution in [2.75, 3.05) is 0 Å². The minimum atomic E-state index is -0.303. The molecule has 0 fully saturated rings. The SMILES string of the molecule is CCc1cc2c(=O)[nH]c(C)nc2cc1F. The molecule has 2 aromatic rings. The fraction of sp³-hybridized carbons (Fsp3) is 0.273. The number of benzene rings is 1. The van der Waals surface area contributed by atoms with E-state index in [0.29, 0.717) is 28.7 Å². The zero-order chi connectivity index (χ0) is 11.0. The van der Waals surface area contributed by atoms with Gasteiger partial charge in [0.05, 0.1) is 10.9 Å². The van der Waals surface area contributed by atoms with E-state index in [4.69, 9.17) is 0 Å². The van der Waals surface area contributed by atoms with Crippen LogP contribution in [0.4, 0.5) is 4.39 Å². The average Bonchev–Trinajstić information content (AvgIpc) is 2.16. The van der Waals surface area contributed by atoms with E-state index in [0.717, 1.165) is 0 Å². The van der Waals surface area contributed by atoms with Crippen molar-refractivity contribution < 1.29 is 4.39 Å². The molecule has 0 atom stereocenters. The molecule has 4 heteroatoms. The number of halogens is 1. The van der Waals surface area contributed by atoms with Crippen molar-refractivity contribution in [2.45, 2.75) is 20.3 Å². The minimum Gasteiger partial charge on any atom is -0.310 e. The summed E-state index contributed by atoms with van der Waals surface area (Å²) in [6, 6.07) is 2.88. The van der Waals surface area contributed by atoms with E-state index < -0.39 is 0 Å². The van der Waals surface area contributed by atoms with Crippen molar-refractivity contribution in [1.29, 1.82) is 0 Å². The Hall–Kier alpha value is -1.71. The van der Waals surface area contributed by atoms with Gasteiger partial charge in [0.1, 0.15) is 11.6 Å². The van der Waals surface area contributed by atoms with E-state index >= 15 is 0 Å². The molecule has 0 aliphatic carbocycles. The Morgan fingerprint density at radius 3 is 2.87 bits per heavy atom. The Bertz CT molecular complexity index is 575. The molecule has 0 aliphatic heterocycles. The number of nitrogens with one attached hydrogen (secondary N) is 1. The third-order valence-electron chi connectivity index (χ3n) is 2.37. The molecular weight excluding hydrogens is 195 g/mol. The van der Waals surface area contributed by atoms with Gasteiger partial charge in [-0.15, -0.1) is 0 Å². The highest BCUT2D eigenvalue weighted by molar-refractivity contribution is 5.78.